The van der Waals surface area contributed by atoms with E-state index < -0.39 is 0 Å². The average molecular weight is 249 g/mol. The van der Waals surface area contributed by atoms with Gasteiger partial charge in [-0.3, -0.25) is 0 Å². The first-order valence-corrected chi connectivity index (χ1v) is 6.55. The van der Waals surface area contributed by atoms with E-state index in [1.165, 1.54) is 18.4 Å². The van der Waals surface area contributed by atoms with Crippen LogP contribution in [-0.2, 0) is 0 Å². The predicted octanol–water partition coefficient (Wildman–Crippen LogP) is 3.52. The van der Waals surface area contributed by atoms with Crippen LogP contribution in [0.15, 0.2) is 48.5 Å². The summed E-state index contributed by atoms with van der Waals surface area (Å²) in [7, 11) is 0. The van der Waals surface area contributed by atoms with Gasteiger partial charge >= 0.3 is 0 Å². The summed E-state index contributed by atoms with van der Waals surface area (Å²) in [6, 6.07) is 18.3. The van der Waals surface area contributed by atoms with Crippen molar-refractivity contribution in [3.05, 3.63) is 59.8 Å². The molecule has 3 nitrogen and oxygen atoms in total. The maximum absolute atomic E-state index is 8.89. The number of hydrogen-bond donors (Lipinski definition) is 1. The van der Waals surface area contributed by atoms with Crippen molar-refractivity contribution in [1.29, 1.82) is 5.26 Å². The van der Waals surface area contributed by atoms with Crippen LogP contribution in [0.2, 0.25) is 0 Å². The Balaban J connectivity index is 1.84. The number of hydrogen-bond acceptors (Lipinski definition) is 3. The zero-order valence-corrected chi connectivity index (χ0v) is 10.6. The number of benzene rings is 1. The first-order chi connectivity index (χ1) is 9.36. The highest BCUT2D eigenvalue weighted by Crippen LogP contribution is 2.42. The van der Waals surface area contributed by atoms with E-state index in [-0.39, 0.29) is 0 Å². The molecule has 0 aliphatic heterocycles. The zero-order chi connectivity index (χ0) is 13.1. The first-order valence-electron chi connectivity index (χ1n) is 6.55. The number of nitrogens with one attached hydrogen (secondary N) is 1. The van der Waals surface area contributed by atoms with Crippen molar-refractivity contribution < 1.29 is 0 Å². The molecule has 94 valence electrons. The summed E-state index contributed by atoms with van der Waals surface area (Å²) >= 11 is 0. The van der Waals surface area contributed by atoms with Crippen molar-refractivity contribution >= 4 is 5.82 Å². The van der Waals surface area contributed by atoms with Crippen molar-refractivity contribution in [2.45, 2.75) is 18.9 Å². The Bertz CT molecular complexity index is 597. The molecule has 0 amide bonds. The fourth-order valence-corrected chi connectivity index (χ4v) is 2.30. The SMILES string of the molecule is N#Cc1cccc(NC(c2ccccc2)C2CC2)n1. The van der Waals surface area contributed by atoms with Crippen LogP contribution >= 0.6 is 0 Å². The highest BCUT2D eigenvalue weighted by Gasteiger charge is 2.32. The van der Waals surface area contributed by atoms with Crippen LogP contribution in [0.5, 0.6) is 0 Å². The molecule has 1 atom stereocenters. The van der Waals surface area contributed by atoms with Crippen molar-refractivity contribution in [2.24, 2.45) is 5.92 Å². The normalized spacial score (nSPS) is 15.5. The number of aromatic nitrogens is 1. The van der Waals surface area contributed by atoms with Gasteiger partial charge in [-0.2, -0.15) is 5.26 Å². The van der Waals surface area contributed by atoms with E-state index in [1.54, 1.807) is 6.07 Å². The molecule has 19 heavy (non-hydrogen) atoms. The first kappa shape index (κ1) is 11.7. The average Bonchev–Trinajstić information content (AvgIpc) is 3.30. The van der Waals surface area contributed by atoms with Crippen LogP contribution in [-0.4, -0.2) is 4.98 Å². The molecule has 0 radical (unpaired) electrons. The summed E-state index contributed by atoms with van der Waals surface area (Å²) in [5.41, 5.74) is 1.74. The summed E-state index contributed by atoms with van der Waals surface area (Å²) in [6.07, 6.45) is 2.51. The van der Waals surface area contributed by atoms with Crippen LogP contribution in [0.4, 0.5) is 5.82 Å². The molecular weight excluding hydrogens is 234 g/mol. The molecule has 1 N–H and O–H groups in total. The lowest BCUT2D eigenvalue weighted by Gasteiger charge is -2.19. The number of pyridine rings is 1. The zero-order valence-electron chi connectivity index (χ0n) is 10.6. The highest BCUT2D eigenvalue weighted by atomic mass is 15.0. The van der Waals surface area contributed by atoms with Gasteiger partial charge in [0.1, 0.15) is 17.6 Å². The summed E-state index contributed by atoms with van der Waals surface area (Å²) in [6.45, 7) is 0. The Morgan fingerprint density at radius 2 is 1.89 bits per heavy atom. The Labute approximate surface area is 112 Å². The van der Waals surface area contributed by atoms with Gasteiger partial charge in [0.25, 0.3) is 0 Å². The quantitative estimate of drug-likeness (QED) is 0.902. The summed E-state index contributed by atoms with van der Waals surface area (Å²) in [5, 5.41) is 12.4. The number of nitrogens with zero attached hydrogens (tertiary/aromatic N) is 2. The third-order valence-corrected chi connectivity index (χ3v) is 3.42. The lowest BCUT2D eigenvalue weighted by molar-refractivity contribution is 0.675. The van der Waals surface area contributed by atoms with E-state index in [0.717, 1.165) is 5.82 Å². The van der Waals surface area contributed by atoms with Crippen LogP contribution in [0.25, 0.3) is 0 Å². The second kappa shape index (κ2) is 5.11. The minimum atomic E-state index is 0.294. The van der Waals surface area contributed by atoms with Gasteiger partial charge in [0, 0.05) is 0 Å². The van der Waals surface area contributed by atoms with Gasteiger partial charge in [-0.1, -0.05) is 36.4 Å². The summed E-state index contributed by atoms with van der Waals surface area (Å²) in [5.74, 6) is 1.45. The van der Waals surface area contributed by atoms with Gasteiger partial charge in [-0.15, -0.1) is 0 Å². The lowest BCUT2D eigenvalue weighted by atomic mass is 10.0. The Morgan fingerprint density at radius 1 is 1.11 bits per heavy atom. The summed E-state index contributed by atoms with van der Waals surface area (Å²) in [4.78, 5) is 4.29. The van der Waals surface area contributed by atoms with Crippen LogP contribution in [0, 0.1) is 17.2 Å². The topological polar surface area (TPSA) is 48.7 Å². The summed E-state index contributed by atoms with van der Waals surface area (Å²) < 4.78 is 0. The highest BCUT2D eigenvalue weighted by molar-refractivity contribution is 5.42. The molecule has 2 aromatic rings. The molecule has 1 unspecified atom stereocenters. The fraction of sp³-hybridized carbons (Fsp3) is 0.250. The van der Waals surface area contributed by atoms with Crippen molar-refractivity contribution in [2.75, 3.05) is 5.32 Å². The molecule has 1 aliphatic rings. The fourth-order valence-electron chi connectivity index (χ4n) is 2.30. The molecular formula is C16H15N3. The maximum atomic E-state index is 8.89. The molecule has 0 bridgehead atoms. The minimum Gasteiger partial charge on any atom is -0.363 e. The van der Waals surface area contributed by atoms with Gasteiger partial charge in [0.2, 0.25) is 0 Å². The Morgan fingerprint density at radius 3 is 2.58 bits per heavy atom. The molecule has 1 aromatic carbocycles. The second-order valence-electron chi connectivity index (χ2n) is 4.89. The van der Waals surface area contributed by atoms with Gasteiger partial charge in [0.05, 0.1) is 6.04 Å². The molecule has 1 saturated carbocycles. The molecule has 0 saturated heterocycles. The van der Waals surface area contributed by atoms with Crippen LogP contribution < -0.4 is 5.32 Å². The second-order valence-corrected chi connectivity index (χ2v) is 4.89. The van der Waals surface area contributed by atoms with E-state index in [1.807, 2.05) is 18.2 Å². The van der Waals surface area contributed by atoms with E-state index in [2.05, 4.69) is 40.6 Å². The third kappa shape index (κ3) is 2.74. The van der Waals surface area contributed by atoms with E-state index in [9.17, 15) is 0 Å². The molecule has 3 heteroatoms. The van der Waals surface area contributed by atoms with Crippen LogP contribution in [0.1, 0.15) is 30.1 Å². The number of rotatable bonds is 4. The monoisotopic (exact) mass is 249 g/mol. The van der Waals surface area contributed by atoms with E-state index in [4.69, 9.17) is 5.26 Å². The largest absolute Gasteiger partial charge is 0.363 e. The van der Waals surface area contributed by atoms with Crippen molar-refractivity contribution in [3.8, 4) is 6.07 Å². The Kier molecular flexibility index (Phi) is 3.16. The van der Waals surface area contributed by atoms with E-state index in [0.29, 0.717) is 17.7 Å². The van der Waals surface area contributed by atoms with Gasteiger partial charge < -0.3 is 5.32 Å². The molecule has 1 heterocycles. The molecule has 1 aliphatic carbocycles. The number of nitriles is 1. The molecule has 1 fully saturated rings. The lowest BCUT2D eigenvalue weighted by Crippen LogP contribution is -2.13. The molecule has 0 spiro atoms. The van der Waals surface area contributed by atoms with Gasteiger partial charge in [0.15, 0.2) is 0 Å². The standard InChI is InChI=1S/C16H15N3/c17-11-14-7-4-8-15(18-14)19-16(13-9-10-13)12-5-2-1-3-6-12/h1-8,13,16H,9-10H2,(H,18,19). The van der Waals surface area contributed by atoms with E-state index >= 15 is 0 Å². The Hall–Kier alpha value is -2.34. The van der Waals surface area contributed by atoms with Crippen LogP contribution in [0.3, 0.4) is 0 Å². The number of anilines is 1. The smallest absolute Gasteiger partial charge is 0.142 e. The van der Waals surface area contributed by atoms with Crippen molar-refractivity contribution in [1.82, 2.24) is 4.98 Å². The molecule has 3 rings (SSSR count). The maximum Gasteiger partial charge on any atom is 0.142 e. The third-order valence-electron chi connectivity index (χ3n) is 3.42. The minimum absolute atomic E-state index is 0.294. The predicted molar refractivity (Wildman–Crippen MR) is 74.5 cm³/mol. The van der Waals surface area contributed by atoms with Gasteiger partial charge in [-0.05, 0) is 36.5 Å². The van der Waals surface area contributed by atoms with Gasteiger partial charge in [-0.25, -0.2) is 4.98 Å². The van der Waals surface area contributed by atoms with Crippen molar-refractivity contribution in [3.63, 3.8) is 0 Å². The molecule has 1 aromatic heterocycles.